The smallest absolute Gasteiger partial charge is 0.273 e. The molecule has 0 unspecified atom stereocenters. The van der Waals surface area contributed by atoms with Crippen molar-refractivity contribution < 1.29 is 18.0 Å². The first-order valence-electron chi connectivity index (χ1n) is 10.7. The minimum atomic E-state index is -3.67. The van der Waals surface area contributed by atoms with E-state index in [1.165, 1.54) is 30.6 Å². The molecular weight excluding hydrogens is 424 g/mol. The first-order valence-corrected chi connectivity index (χ1v) is 13.4. The van der Waals surface area contributed by atoms with Crippen LogP contribution in [0.1, 0.15) is 55.0 Å². The van der Waals surface area contributed by atoms with E-state index in [9.17, 15) is 18.0 Å². The quantitative estimate of drug-likeness (QED) is 0.674. The SMILES string of the molecule is CC(C)[C@@H]1C(=O)N(S(C)(=O)=O)[C@@H]2CCN(C(=O)c3csc(CN4CCCCC4)n3)[C@H]21. The van der Waals surface area contributed by atoms with E-state index in [-0.39, 0.29) is 17.7 Å². The van der Waals surface area contributed by atoms with Gasteiger partial charge in [0.1, 0.15) is 10.7 Å². The van der Waals surface area contributed by atoms with Crippen molar-refractivity contribution >= 4 is 33.2 Å². The molecule has 1 aromatic heterocycles. The number of nitrogens with zero attached hydrogens (tertiary/aromatic N) is 4. The van der Waals surface area contributed by atoms with Gasteiger partial charge in [-0.05, 0) is 38.3 Å². The molecule has 166 valence electrons. The maximum absolute atomic E-state index is 13.3. The molecule has 0 radical (unpaired) electrons. The molecule has 0 saturated carbocycles. The molecule has 0 spiro atoms. The van der Waals surface area contributed by atoms with Crippen LogP contribution in [-0.2, 0) is 21.4 Å². The molecule has 4 heterocycles. The summed E-state index contributed by atoms with van der Waals surface area (Å²) in [6.07, 6.45) is 5.23. The number of sulfonamides is 1. The number of carbonyl (C=O) groups is 2. The van der Waals surface area contributed by atoms with Crippen molar-refractivity contribution in [1.29, 1.82) is 0 Å². The van der Waals surface area contributed by atoms with Gasteiger partial charge in [0.15, 0.2) is 0 Å². The van der Waals surface area contributed by atoms with E-state index < -0.39 is 28.0 Å². The maximum atomic E-state index is 13.3. The molecule has 1 aromatic rings. The molecule has 3 aliphatic rings. The predicted molar refractivity (Wildman–Crippen MR) is 114 cm³/mol. The highest BCUT2D eigenvalue weighted by Gasteiger charge is 2.58. The van der Waals surface area contributed by atoms with Crippen molar-refractivity contribution in [2.45, 2.75) is 58.2 Å². The Labute approximate surface area is 182 Å². The molecule has 3 saturated heterocycles. The van der Waals surface area contributed by atoms with E-state index in [0.717, 1.165) is 35.2 Å². The number of amides is 2. The zero-order valence-electron chi connectivity index (χ0n) is 17.8. The highest BCUT2D eigenvalue weighted by Crippen LogP contribution is 2.41. The van der Waals surface area contributed by atoms with Crippen LogP contribution in [0.25, 0.3) is 0 Å². The molecule has 0 aliphatic carbocycles. The Morgan fingerprint density at radius 2 is 1.93 bits per heavy atom. The Kier molecular flexibility index (Phi) is 5.93. The second-order valence-electron chi connectivity index (χ2n) is 8.98. The fourth-order valence-electron chi connectivity index (χ4n) is 5.21. The third-order valence-corrected chi connectivity index (χ3v) is 8.51. The van der Waals surface area contributed by atoms with Crippen LogP contribution in [0.5, 0.6) is 0 Å². The molecular formula is C20H30N4O4S2. The molecule has 2 amide bonds. The monoisotopic (exact) mass is 454 g/mol. The lowest BCUT2D eigenvalue weighted by molar-refractivity contribution is -0.129. The Hall–Kier alpha value is -1.52. The number of fused-ring (bicyclic) bond motifs is 1. The van der Waals surface area contributed by atoms with E-state index >= 15 is 0 Å². The second kappa shape index (κ2) is 8.20. The molecule has 8 nitrogen and oxygen atoms in total. The minimum absolute atomic E-state index is 0.0600. The third kappa shape index (κ3) is 3.89. The molecule has 0 N–H and O–H groups in total. The molecule has 3 aliphatic heterocycles. The fraction of sp³-hybridized carbons (Fsp3) is 0.750. The highest BCUT2D eigenvalue weighted by atomic mass is 32.2. The van der Waals surface area contributed by atoms with Gasteiger partial charge in [0.2, 0.25) is 15.9 Å². The van der Waals surface area contributed by atoms with Gasteiger partial charge in [-0.1, -0.05) is 20.3 Å². The van der Waals surface area contributed by atoms with Crippen LogP contribution in [0, 0.1) is 11.8 Å². The van der Waals surface area contributed by atoms with Crippen LogP contribution in [-0.4, -0.2) is 77.3 Å². The number of thiazole rings is 1. The van der Waals surface area contributed by atoms with Crippen molar-refractivity contribution in [3.8, 4) is 0 Å². The first kappa shape index (κ1) is 21.7. The van der Waals surface area contributed by atoms with Crippen molar-refractivity contribution in [1.82, 2.24) is 19.1 Å². The van der Waals surface area contributed by atoms with Crippen LogP contribution in [0.3, 0.4) is 0 Å². The number of likely N-dealkylation sites (tertiary alicyclic amines) is 2. The highest BCUT2D eigenvalue weighted by molar-refractivity contribution is 7.88. The van der Waals surface area contributed by atoms with Crippen molar-refractivity contribution in [2.24, 2.45) is 11.8 Å². The molecule has 3 fully saturated rings. The largest absolute Gasteiger partial charge is 0.331 e. The van der Waals surface area contributed by atoms with Crippen LogP contribution < -0.4 is 0 Å². The summed E-state index contributed by atoms with van der Waals surface area (Å²) in [5, 5.41) is 2.72. The molecule has 4 rings (SSSR count). The van der Waals surface area contributed by atoms with Crippen LogP contribution >= 0.6 is 11.3 Å². The zero-order chi connectivity index (χ0) is 21.6. The molecule has 30 heavy (non-hydrogen) atoms. The van der Waals surface area contributed by atoms with E-state index in [1.54, 1.807) is 10.3 Å². The fourth-order valence-corrected chi connectivity index (χ4v) is 7.19. The molecule has 3 atom stereocenters. The van der Waals surface area contributed by atoms with Gasteiger partial charge in [-0.25, -0.2) is 17.7 Å². The van der Waals surface area contributed by atoms with E-state index in [1.807, 2.05) is 13.8 Å². The van der Waals surface area contributed by atoms with Crippen LogP contribution in [0.15, 0.2) is 5.38 Å². The standard InChI is InChI=1S/C20H30N4O4S2/c1-13(2)17-18-15(24(20(17)26)30(3,27)28)7-10-23(18)19(25)14-12-29-16(21-14)11-22-8-5-4-6-9-22/h12-13,15,17-18H,4-11H2,1-3H3/t15-,17+,18-/m1/s1. The van der Waals surface area contributed by atoms with Crippen molar-refractivity contribution in [3.63, 3.8) is 0 Å². The topological polar surface area (TPSA) is 90.9 Å². The predicted octanol–water partition coefficient (Wildman–Crippen LogP) is 1.79. The second-order valence-corrected chi connectivity index (χ2v) is 11.8. The summed E-state index contributed by atoms with van der Waals surface area (Å²) in [4.78, 5) is 34.9. The lowest BCUT2D eigenvalue weighted by atomic mass is 9.88. The summed E-state index contributed by atoms with van der Waals surface area (Å²) >= 11 is 1.49. The number of rotatable bonds is 5. The number of hydrogen-bond acceptors (Lipinski definition) is 7. The van der Waals surface area contributed by atoms with Gasteiger partial charge in [0, 0.05) is 11.9 Å². The van der Waals surface area contributed by atoms with E-state index in [2.05, 4.69) is 9.88 Å². The Morgan fingerprint density at radius 1 is 1.23 bits per heavy atom. The Morgan fingerprint density at radius 3 is 2.57 bits per heavy atom. The number of aromatic nitrogens is 1. The summed E-state index contributed by atoms with van der Waals surface area (Å²) in [5.41, 5.74) is 0.403. The first-order chi connectivity index (χ1) is 14.2. The van der Waals surface area contributed by atoms with E-state index in [0.29, 0.717) is 18.7 Å². The van der Waals surface area contributed by atoms with Gasteiger partial charge in [-0.15, -0.1) is 11.3 Å². The third-order valence-electron chi connectivity index (χ3n) is 6.51. The normalized spacial score (nSPS) is 27.9. The van der Waals surface area contributed by atoms with E-state index in [4.69, 9.17) is 0 Å². The van der Waals surface area contributed by atoms with Crippen molar-refractivity contribution in [2.75, 3.05) is 25.9 Å². The van der Waals surface area contributed by atoms with Gasteiger partial charge in [-0.3, -0.25) is 14.5 Å². The van der Waals surface area contributed by atoms with Gasteiger partial charge in [0.25, 0.3) is 5.91 Å². The lowest BCUT2D eigenvalue weighted by Crippen LogP contribution is -2.44. The maximum Gasteiger partial charge on any atom is 0.273 e. The summed E-state index contributed by atoms with van der Waals surface area (Å²) in [5.74, 6) is -1.15. The summed E-state index contributed by atoms with van der Waals surface area (Å²) < 4.78 is 25.6. The Balaban J connectivity index is 1.54. The average molecular weight is 455 g/mol. The number of carbonyl (C=O) groups excluding carboxylic acids is 2. The number of piperidine rings is 1. The van der Waals surface area contributed by atoms with Crippen LogP contribution in [0.4, 0.5) is 0 Å². The number of hydrogen-bond donors (Lipinski definition) is 0. The summed E-state index contributed by atoms with van der Waals surface area (Å²) in [6.45, 7) is 7.16. The summed E-state index contributed by atoms with van der Waals surface area (Å²) in [6, 6.07) is -0.901. The van der Waals surface area contributed by atoms with Gasteiger partial charge >= 0.3 is 0 Å². The Bertz CT molecular complexity index is 923. The lowest BCUT2D eigenvalue weighted by Gasteiger charge is -2.28. The van der Waals surface area contributed by atoms with Crippen LogP contribution in [0.2, 0.25) is 0 Å². The molecule has 0 bridgehead atoms. The molecule has 10 heteroatoms. The summed E-state index contributed by atoms with van der Waals surface area (Å²) in [7, 11) is -3.67. The minimum Gasteiger partial charge on any atom is -0.331 e. The van der Waals surface area contributed by atoms with Gasteiger partial charge in [-0.2, -0.15) is 0 Å². The van der Waals surface area contributed by atoms with Gasteiger partial charge in [0.05, 0.1) is 30.8 Å². The average Bonchev–Trinajstić information content (AvgIpc) is 3.35. The van der Waals surface area contributed by atoms with Gasteiger partial charge < -0.3 is 4.90 Å². The zero-order valence-corrected chi connectivity index (χ0v) is 19.4. The van der Waals surface area contributed by atoms with Crippen molar-refractivity contribution in [3.05, 3.63) is 16.1 Å². The molecule has 0 aromatic carbocycles.